The largest absolute Gasteiger partial charge is 0.329 e. The molecule has 0 bridgehead atoms. The quantitative estimate of drug-likeness (QED) is 0.614. The molecule has 2 N–H and O–H groups in total. The summed E-state index contributed by atoms with van der Waals surface area (Å²) in [5.41, 5.74) is 1.20. The number of urea groups is 1. The molecule has 5 heteroatoms. The highest BCUT2D eigenvalue weighted by atomic mass is 16.2. The van der Waals surface area contributed by atoms with Crippen LogP contribution in [0.4, 0.5) is 4.79 Å². The summed E-state index contributed by atoms with van der Waals surface area (Å²) in [4.78, 5) is 28.9. The van der Waals surface area contributed by atoms with E-state index in [1.807, 2.05) is 49.4 Å². The van der Waals surface area contributed by atoms with Crippen LogP contribution in [0.2, 0.25) is 0 Å². The zero-order valence-corrected chi connectivity index (χ0v) is 18.5. The number of rotatable bonds is 5. The van der Waals surface area contributed by atoms with Gasteiger partial charge in [0.25, 0.3) is 5.91 Å². The Balaban J connectivity index is 1.24. The lowest BCUT2D eigenvalue weighted by Gasteiger charge is -2.31. The highest BCUT2D eigenvalue weighted by Gasteiger charge is 2.50. The van der Waals surface area contributed by atoms with E-state index < -0.39 is 5.54 Å². The molecule has 2 saturated heterocycles. The third kappa shape index (κ3) is 3.89. The van der Waals surface area contributed by atoms with E-state index >= 15 is 0 Å². The Hall–Kier alpha value is -3.18. The topological polar surface area (TPSA) is 53.9 Å². The fourth-order valence-corrected chi connectivity index (χ4v) is 5.16. The smallest absolute Gasteiger partial charge is 0.319 e. The van der Waals surface area contributed by atoms with E-state index in [4.69, 9.17) is 0 Å². The van der Waals surface area contributed by atoms with Gasteiger partial charge in [-0.25, -0.2) is 9.69 Å². The van der Waals surface area contributed by atoms with Gasteiger partial charge in [0, 0.05) is 0 Å². The van der Waals surface area contributed by atoms with E-state index in [9.17, 15) is 9.59 Å². The Morgan fingerprint density at radius 2 is 1.62 bits per heavy atom. The second-order valence-electron chi connectivity index (χ2n) is 9.39. The van der Waals surface area contributed by atoms with E-state index in [2.05, 4.69) is 35.6 Å². The second kappa shape index (κ2) is 8.40. The number of hydrogen-bond donors (Lipinski definition) is 2. The first-order valence-corrected chi connectivity index (χ1v) is 11.5. The van der Waals surface area contributed by atoms with Gasteiger partial charge in [0.05, 0.1) is 13.1 Å². The van der Waals surface area contributed by atoms with Crippen LogP contribution in [0.1, 0.15) is 30.9 Å². The Morgan fingerprint density at radius 1 is 0.938 bits per heavy atom. The lowest BCUT2D eigenvalue weighted by molar-refractivity contribution is -0.913. The van der Waals surface area contributed by atoms with Gasteiger partial charge in [-0.15, -0.1) is 0 Å². The number of piperidine rings is 1. The van der Waals surface area contributed by atoms with Crippen LogP contribution in [0.5, 0.6) is 0 Å². The van der Waals surface area contributed by atoms with Crippen LogP contribution in [0.15, 0.2) is 72.8 Å². The standard InChI is InChI=1S/C27H29N3O2/c1-27(24-12-11-22-9-5-6-10-23(22)18-24)25(31)30(26(32)28-27)19-29-15-13-21(14-16-29)17-20-7-3-2-4-8-20/h2-12,18,21H,13-17,19H2,1H3,(H,28,32)/p+1/t27-/m0/s1. The molecule has 0 radical (unpaired) electrons. The van der Waals surface area contributed by atoms with Crippen LogP contribution in [-0.4, -0.2) is 36.6 Å². The number of nitrogens with zero attached hydrogens (tertiary/aromatic N) is 1. The Kier molecular flexibility index (Phi) is 5.43. The van der Waals surface area contributed by atoms with Crippen LogP contribution in [-0.2, 0) is 16.8 Å². The van der Waals surface area contributed by atoms with Gasteiger partial charge in [0.2, 0.25) is 0 Å². The van der Waals surface area contributed by atoms with Crippen molar-refractivity contribution in [2.45, 2.75) is 31.7 Å². The number of likely N-dealkylation sites (tertiary alicyclic amines) is 1. The molecule has 164 valence electrons. The first kappa shape index (κ1) is 20.7. The Bertz CT molecular complexity index is 1140. The van der Waals surface area contributed by atoms with Crippen molar-refractivity contribution in [3.63, 3.8) is 0 Å². The van der Waals surface area contributed by atoms with Crippen molar-refractivity contribution < 1.29 is 14.5 Å². The van der Waals surface area contributed by atoms with Gasteiger partial charge in [0.1, 0.15) is 5.54 Å². The summed E-state index contributed by atoms with van der Waals surface area (Å²) >= 11 is 0. The highest BCUT2D eigenvalue weighted by Crippen LogP contribution is 2.30. The molecule has 2 fully saturated rings. The molecule has 2 aliphatic heterocycles. The summed E-state index contributed by atoms with van der Waals surface area (Å²) < 4.78 is 0. The average Bonchev–Trinajstić information content (AvgIpc) is 3.04. The summed E-state index contributed by atoms with van der Waals surface area (Å²) in [6.45, 7) is 4.23. The monoisotopic (exact) mass is 428 g/mol. The molecular formula is C27H30N3O2+. The van der Waals surface area contributed by atoms with E-state index in [1.54, 1.807) is 0 Å². The molecular weight excluding hydrogens is 398 g/mol. The summed E-state index contributed by atoms with van der Waals surface area (Å²) in [6, 6.07) is 24.4. The molecule has 3 amide bonds. The van der Waals surface area contributed by atoms with Crippen LogP contribution in [0, 0.1) is 5.92 Å². The molecule has 1 atom stereocenters. The molecule has 0 unspecified atom stereocenters. The average molecular weight is 429 g/mol. The van der Waals surface area contributed by atoms with Crippen molar-refractivity contribution in [2.75, 3.05) is 19.8 Å². The summed E-state index contributed by atoms with van der Waals surface area (Å²) in [7, 11) is 0. The maximum Gasteiger partial charge on any atom is 0.329 e. The summed E-state index contributed by atoms with van der Waals surface area (Å²) in [6.07, 6.45) is 3.35. The fraction of sp³-hybridized carbons (Fsp3) is 0.333. The zero-order valence-electron chi connectivity index (χ0n) is 18.5. The predicted octanol–water partition coefficient (Wildman–Crippen LogP) is 3.10. The number of carbonyl (C=O) groups is 2. The molecule has 3 aromatic rings. The van der Waals surface area contributed by atoms with Crippen molar-refractivity contribution in [3.05, 3.63) is 83.9 Å². The Labute approximate surface area is 189 Å². The number of hydrogen-bond acceptors (Lipinski definition) is 2. The van der Waals surface area contributed by atoms with Gasteiger partial charge < -0.3 is 10.2 Å². The van der Waals surface area contributed by atoms with Crippen molar-refractivity contribution in [3.8, 4) is 0 Å². The Morgan fingerprint density at radius 3 is 2.38 bits per heavy atom. The SMILES string of the molecule is C[C@@]1(c2ccc3ccccc3c2)NC(=O)N(C[NH+]2CCC(Cc3ccccc3)CC2)C1=O. The molecule has 2 heterocycles. The minimum Gasteiger partial charge on any atom is -0.319 e. The number of imide groups is 1. The van der Waals surface area contributed by atoms with Gasteiger partial charge >= 0.3 is 6.03 Å². The molecule has 0 aliphatic carbocycles. The zero-order chi connectivity index (χ0) is 22.1. The third-order valence-electron chi connectivity index (χ3n) is 7.16. The van der Waals surface area contributed by atoms with Crippen molar-refractivity contribution >= 4 is 22.7 Å². The van der Waals surface area contributed by atoms with Gasteiger partial charge in [-0.1, -0.05) is 66.7 Å². The van der Waals surface area contributed by atoms with E-state index in [0.29, 0.717) is 12.6 Å². The number of carbonyl (C=O) groups excluding carboxylic acids is 2. The van der Waals surface area contributed by atoms with Gasteiger partial charge in [0.15, 0.2) is 6.67 Å². The van der Waals surface area contributed by atoms with Crippen LogP contribution in [0.25, 0.3) is 10.8 Å². The van der Waals surface area contributed by atoms with E-state index in [0.717, 1.165) is 48.7 Å². The van der Waals surface area contributed by atoms with Crippen molar-refractivity contribution in [1.29, 1.82) is 0 Å². The number of nitrogens with one attached hydrogen (secondary N) is 2. The second-order valence-corrected chi connectivity index (χ2v) is 9.39. The third-order valence-corrected chi connectivity index (χ3v) is 7.16. The highest BCUT2D eigenvalue weighted by molar-refractivity contribution is 6.07. The van der Waals surface area contributed by atoms with Crippen molar-refractivity contribution in [2.24, 2.45) is 5.92 Å². The van der Waals surface area contributed by atoms with Gasteiger partial charge in [-0.2, -0.15) is 0 Å². The molecule has 0 spiro atoms. The summed E-state index contributed by atoms with van der Waals surface area (Å²) in [5, 5.41) is 5.16. The molecule has 32 heavy (non-hydrogen) atoms. The van der Waals surface area contributed by atoms with Crippen LogP contribution < -0.4 is 10.2 Å². The fourth-order valence-electron chi connectivity index (χ4n) is 5.16. The number of quaternary nitrogens is 1. The van der Waals surface area contributed by atoms with Crippen LogP contribution >= 0.6 is 0 Å². The molecule has 2 aliphatic rings. The van der Waals surface area contributed by atoms with E-state index in [-0.39, 0.29) is 11.9 Å². The van der Waals surface area contributed by atoms with Crippen molar-refractivity contribution in [1.82, 2.24) is 10.2 Å². The van der Waals surface area contributed by atoms with Gasteiger partial charge in [-0.05, 0) is 60.1 Å². The van der Waals surface area contributed by atoms with Crippen LogP contribution in [0.3, 0.4) is 0 Å². The van der Waals surface area contributed by atoms with Gasteiger partial charge in [-0.3, -0.25) is 4.79 Å². The lowest BCUT2D eigenvalue weighted by Crippen LogP contribution is -3.14. The normalized spacial score (nSPS) is 25.8. The molecule has 0 aromatic heterocycles. The lowest BCUT2D eigenvalue weighted by atomic mass is 9.90. The summed E-state index contributed by atoms with van der Waals surface area (Å²) in [5.74, 6) is 0.517. The predicted molar refractivity (Wildman–Crippen MR) is 125 cm³/mol. The molecule has 5 rings (SSSR count). The first-order valence-electron chi connectivity index (χ1n) is 11.5. The first-order chi connectivity index (χ1) is 15.5. The minimum absolute atomic E-state index is 0.156. The minimum atomic E-state index is -1.02. The van der Waals surface area contributed by atoms with E-state index in [1.165, 1.54) is 15.4 Å². The molecule has 5 nitrogen and oxygen atoms in total. The number of benzene rings is 3. The molecule has 3 aromatic carbocycles. The molecule has 0 saturated carbocycles. The maximum absolute atomic E-state index is 13.4. The number of amides is 3. The number of fused-ring (bicyclic) bond motifs is 1. The maximum atomic E-state index is 13.4.